The van der Waals surface area contributed by atoms with Gasteiger partial charge in [-0.1, -0.05) is 0 Å². The summed E-state index contributed by atoms with van der Waals surface area (Å²) in [6.45, 7) is 5.49. The van der Waals surface area contributed by atoms with Crippen LogP contribution in [0.3, 0.4) is 0 Å². The molecule has 1 aliphatic carbocycles. The number of thioether (sulfide) groups is 1. The smallest absolute Gasteiger partial charge is 0.162 e. The van der Waals surface area contributed by atoms with Gasteiger partial charge in [-0.15, -0.1) is 0 Å². The van der Waals surface area contributed by atoms with Gasteiger partial charge < -0.3 is 14.8 Å². The number of nitrogens with one attached hydrogen (secondary N) is 1. The molecule has 0 aromatic rings. The summed E-state index contributed by atoms with van der Waals surface area (Å²) in [5.41, 5.74) is 0. The fourth-order valence-electron chi connectivity index (χ4n) is 2.43. The van der Waals surface area contributed by atoms with Gasteiger partial charge in [0.1, 0.15) is 0 Å². The third-order valence-corrected chi connectivity index (χ3v) is 4.55. The Kier molecular flexibility index (Phi) is 4.16. The molecule has 1 heterocycles. The van der Waals surface area contributed by atoms with Gasteiger partial charge in [-0.2, -0.15) is 11.8 Å². The minimum atomic E-state index is -0.393. The molecule has 0 aromatic heterocycles. The molecule has 2 aliphatic rings. The molecule has 3 nitrogen and oxygen atoms in total. The molecule has 1 N–H and O–H groups in total. The van der Waals surface area contributed by atoms with E-state index in [2.05, 4.69) is 11.6 Å². The molecule has 0 aromatic carbocycles. The average molecular weight is 245 g/mol. The molecule has 1 aliphatic heterocycles. The summed E-state index contributed by atoms with van der Waals surface area (Å²) in [5, 5.41) is 4.50. The van der Waals surface area contributed by atoms with E-state index in [0.29, 0.717) is 12.1 Å². The highest BCUT2D eigenvalue weighted by atomic mass is 32.2. The summed E-state index contributed by atoms with van der Waals surface area (Å²) >= 11 is 2.00. The van der Waals surface area contributed by atoms with E-state index in [0.717, 1.165) is 18.5 Å². The second kappa shape index (κ2) is 5.25. The van der Waals surface area contributed by atoms with Crippen molar-refractivity contribution < 1.29 is 9.47 Å². The van der Waals surface area contributed by atoms with E-state index in [9.17, 15) is 0 Å². The standard InChI is InChI=1S/C12H23NO2S/c1-12(2)14-7-10(8-15-12)13-9-4-5-11(6-9)16-3/h9-11,13H,4-8H2,1-3H3. The number of hydrogen-bond acceptors (Lipinski definition) is 4. The largest absolute Gasteiger partial charge is 0.349 e. The van der Waals surface area contributed by atoms with Crippen LogP contribution in [0, 0.1) is 0 Å². The van der Waals surface area contributed by atoms with Crippen LogP contribution >= 0.6 is 11.8 Å². The van der Waals surface area contributed by atoms with Gasteiger partial charge in [-0.05, 0) is 39.4 Å². The Labute approximate surface area is 103 Å². The van der Waals surface area contributed by atoms with E-state index in [1.807, 2.05) is 25.6 Å². The fraction of sp³-hybridized carbons (Fsp3) is 1.00. The van der Waals surface area contributed by atoms with Crippen molar-refractivity contribution >= 4 is 11.8 Å². The topological polar surface area (TPSA) is 30.5 Å². The van der Waals surface area contributed by atoms with Gasteiger partial charge in [-0.3, -0.25) is 0 Å². The van der Waals surface area contributed by atoms with E-state index < -0.39 is 5.79 Å². The zero-order chi connectivity index (χ0) is 11.6. The Morgan fingerprint density at radius 1 is 1.12 bits per heavy atom. The molecule has 2 unspecified atom stereocenters. The molecule has 0 amide bonds. The monoisotopic (exact) mass is 245 g/mol. The molecule has 16 heavy (non-hydrogen) atoms. The zero-order valence-corrected chi connectivity index (χ0v) is 11.3. The van der Waals surface area contributed by atoms with Crippen molar-refractivity contribution in [1.29, 1.82) is 0 Å². The van der Waals surface area contributed by atoms with Gasteiger partial charge in [-0.25, -0.2) is 0 Å². The van der Waals surface area contributed by atoms with Gasteiger partial charge in [0.25, 0.3) is 0 Å². The molecular weight excluding hydrogens is 222 g/mol. The van der Waals surface area contributed by atoms with Crippen LogP contribution in [0.4, 0.5) is 0 Å². The Balaban J connectivity index is 1.71. The molecule has 2 atom stereocenters. The highest BCUT2D eigenvalue weighted by Gasteiger charge is 2.31. The Bertz CT molecular complexity index is 225. The lowest BCUT2D eigenvalue weighted by Crippen LogP contribution is -2.51. The third kappa shape index (κ3) is 3.36. The van der Waals surface area contributed by atoms with Crippen molar-refractivity contribution in [1.82, 2.24) is 5.32 Å². The van der Waals surface area contributed by atoms with Crippen molar-refractivity contribution in [3.05, 3.63) is 0 Å². The van der Waals surface area contributed by atoms with E-state index in [4.69, 9.17) is 9.47 Å². The van der Waals surface area contributed by atoms with Gasteiger partial charge in [0, 0.05) is 11.3 Å². The Morgan fingerprint density at radius 3 is 2.38 bits per heavy atom. The van der Waals surface area contributed by atoms with Gasteiger partial charge >= 0.3 is 0 Å². The lowest BCUT2D eigenvalue weighted by molar-refractivity contribution is -0.253. The third-order valence-electron chi connectivity index (χ3n) is 3.45. The molecular formula is C12H23NO2S. The average Bonchev–Trinajstić information content (AvgIpc) is 2.69. The van der Waals surface area contributed by atoms with Crippen molar-refractivity contribution in [2.24, 2.45) is 0 Å². The van der Waals surface area contributed by atoms with Crippen molar-refractivity contribution in [3.63, 3.8) is 0 Å². The first-order valence-corrected chi connectivity index (χ1v) is 7.44. The van der Waals surface area contributed by atoms with Gasteiger partial charge in [0.2, 0.25) is 0 Å². The number of ether oxygens (including phenoxy) is 2. The number of hydrogen-bond donors (Lipinski definition) is 1. The molecule has 4 heteroatoms. The van der Waals surface area contributed by atoms with Gasteiger partial charge in [0.05, 0.1) is 19.3 Å². The normalized spacial score (nSPS) is 35.4. The maximum atomic E-state index is 5.65. The summed E-state index contributed by atoms with van der Waals surface area (Å²) in [6, 6.07) is 1.04. The fourth-order valence-corrected chi connectivity index (χ4v) is 3.22. The van der Waals surface area contributed by atoms with E-state index in [1.54, 1.807) is 0 Å². The molecule has 2 rings (SSSR count). The molecule has 0 bridgehead atoms. The molecule has 1 saturated carbocycles. The number of rotatable bonds is 3. The van der Waals surface area contributed by atoms with Crippen LogP contribution in [0.15, 0.2) is 0 Å². The summed E-state index contributed by atoms with van der Waals surface area (Å²) in [6.07, 6.45) is 6.15. The van der Waals surface area contributed by atoms with Crippen LogP contribution in [0.25, 0.3) is 0 Å². The predicted molar refractivity (Wildman–Crippen MR) is 67.8 cm³/mol. The van der Waals surface area contributed by atoms with Crippen LogP contribution in [0.5, 0.6) is 0 Å². The second-order valence-electron chi connectivity index (χ2n) is 5.25. The molecule has 2 fully saturated rings. The van der Waals surface area contributed by atoms with E-state index in [1.165, 1.54) is 19.3 Å². The summed E-state index contributed by atoms with van der Waals surface area (Å²) in [7, 11) is 0. The maximum Gasteiger partial charge on any atom is 0.162 e. The molecule has 0 radical (unpaired) electrons. The van der Waals surface area contributed by atoms with Crippen molar-refractivity contribution in [2.75, 3.05) is 19.5 Å². The minimum absolute atomic E-state index is 0.374. The second-order valence-corrected chi connectivity index (χ2v) is 6.39. The van der Waals surface area contributed by atoms with Crippen LogP contribution in [-0.2, 0) is 9.47 Å². The summed E-state index contributed by atoms with van der Waals surface area (Å²) in [4.78, 5) is 0. The first kappa shape index (κ1) is 12.7. The predicted octanol–water partition coefficient (Wildman–Crippen LogP) is 2.01. The van der Waals surface area contributed by atoms with E-state index in [-0.39, 0.29) is 0 Å². The molecule has 1 saturated heterocycles. The molecule has 0 spiro atoms. The lowest BCUT2D eigenvalue weighted by atomic mass is 10.2. The van der Waals surface area contributed by atoms with Crippen LogP contribution in [0.2, 0.25) is 0 Å². The Morgan fingerprint density at radius 2 is 1.81 bits per heavy atom. The van der Waals surface area contributed by atoms with Crippen LogP contribution in [0.1, 0.15) is 33.1 Å². The molecule has 94 valence electrons. The SMILES string of the molecule is CSC1CCC(NC2COC(C)(C)OC2)C1. The quantitative estimate of drug-likeness (QED) is 0.824. The van der Waals surface area contributed by atoms with Crippen LogP contribution < -0.4 is 5.32 Å². The minimum Gasteiger partial charge on any atom is -0.349 e. The highest BCUT2D eigenvalue weighted by molar-refractivity contribution is 7.99. The van der Waals surface area contributed by atoms with E-state index >= 15 is 0 Å². The first-order valence-electron chi connectivity index (χ1n) is 6.16. The Hall–Kier alpha value is 0.230. The lowest BCUT2D eigenvalue weighted by Gasteiger charge is -2.36. The first-order chi connectivity index (χ1) is 7.59. The summed E-state index contributed by atoms with van der Waals surface area (Å²) < 4.78 is 11.3. The maximum absolute atomic E-state index is 5.65. The van der Waals surface area contributed by atoms with Gasteiger partial charge in [0.15, 0.2) is 5.79 Å². The highest BCUT2D eigenvalue weighted by Crippen LogP contribution is 2.29. The van der Waals surface area contributed by atoms with Crippen LogP contribution in [-0.4, -0.2) is 42.6 Å². The summed E-state index contributed by atoms with van der Waals surface area (Å²) in [5.74, 6) is -0.393. The van der Waals surface area contributed by atoms with Crippen molar-refractivity contribution in [3.8, 4) is 0 Å². The zero-order valence-electron chi connectivity index (χ0n) is 10.5. The van der Waals surface area contributed by atoms with Crippen molar-refractivity contribution in [2.45, 2.75) is 56.2 Å².